The van der Waals surface area contributed by atoms with E-state index in [0.29, 0.717) is 24.3 Å². The van der Waals surface area contributed by atoms with E-state index in [2.05, 4.69) is 24.8 Å². The molecule has 0 aliphatic rings. The zero-order chi connectivity index (χ0) is 22.8. The summed E-state index contributed by atoms with van der Waals surface area (Å²) in [5, 5.41) is 2.95. The maximum atomic E-state index is 13.1. The van der Waals surface area contributed by atoms with Gasteiger partial charge in [0, 0.05) is 31.0 Å². The number of aryl methyl sites for hydroxylation is 2. The molecule has 0 aliphatic heterocycles. The molecular formula is C25H23N7O. The van der Waals surface area contributed by atoms with Crippen molar-refractivity contribution in [3.8, 4) is 11.4 Å². The van der Waals surface area contributed by atoms with Gasteiger partial charge in [-0.05, 0) is 43.7 Å². The van der Waals surface area contributed by atoms with Crippen LogP contribution in [0.25, 0.3) is 16.9 Å². The second kappa shape index (κ2) is 8.66. The summed E-state index contributed by atoms with van der Waals surface area (Å²) in [6, 6.07) is 11.7. The molecule has 0 saturated heterocycles. The molecule has 5 aromatic heterocycles. The van der Waals surface area contributed by atoms with E-state index in [4.69, 9.17) is 4.98 Å². The standard InChI is InChI=1S/C25H23N7O/c1-17-11-28-20(13-27-17)14-29-25(33)21-10-24(32-9-4-3-7-23(21)32)22-16-31(18(2)30-22)15-19-6-5-8-26-12-19/h3-13,16H,14-15H2,1-2H3,(H,29,33). The van der Waals surface area contributed by atoms with Gasteiger partial charge in [-0.1, -0.05) is 12.1 Å². The Bertz CT molecular complexity index is 1420. The molecular weight excluding hydrogens is 414 g/mol. The van der Waals surface area contributed by atoms with E-state index in [-0.39, 0.29) is 5.91 Å². The van der Waals surface area contributed by atoms with E-state index in [9.17, 15) is 4.79 Å². The molecule has 1 amide bonds. The fourth-order valence-electron chi connectivity index (χ4n) is 3.79. The number of imidazole rings is 1. The molecule has 5 rings (SSSR count). The summed E-state index contributed by atoms with van der Waals surface area (Å²) >= 11 is 0. The fraction of sp³-hybridized carbons (Fsp3) is 0.160. The third-order valence-electron chi connectivity index (χ3n) is 5.50. The van der Waals surface area contributed by atoms with Crippen molar-refractivity contribution in [1.29, 1.82) is 0 Å². The molecule has 0 aliphatic carbocycles. The molecule has 0 fully saturated rings. The highest BCUT2D eigenvalue weighted by molar-refractivity contribution is 6.02. The average Bonchev–Trinajstić information content (AvgIpc) is 3.40. The number of rotatable bonds is 6. The lowest BCUT2D eigenvalue weighted by Gasteiger charge is -2.04. The Balaban J connectivity index is 1.45. The van der Waals surface area contributed by atoms with Crippen LogP contribution in [-0.4, -0.2) is 34.8 Å². The van der Waals surface area contributed by atoms with Crippen molar-refractivity contribution in [2.24, 2.45) is 0 Å². The first-order valence-electron chi connectivity index (χ1n) is 10.7. The van der Waals surface area contributed by atoms with Gasteiger partial charge < -0.3 is 14.3 Å². The van der Waals surface area contributed by atoms with Gasteiger partial charge in [0.1, 0.15) is 11.5 Å². The Labute approximate surface area is 191 Å². The summed E-state index contributed by atoms with van der Waals surface area (Å²) in [5.74, 6) is 0.725. The summed E-state index contributed by atoms with van der Waals surface area (Å²) < 4.78 is 4.08. The van der Waals surface area contributed by atoms with Gasteiger partial charge in [0.25, 0.3) is 5.91 Å². The van der Waals surface area contributed by atoms with Crippen LogP contribution in [0.2, 0.25) is 0 Å². The number of fused-ring (bicyclic) bond motifs is 1. The van der Waals surface area contributed by atoms with Crippen LogP contribution in [-0.2, 0) is 13.1 Å². The smallest absolute Gasteiger partial charge is 0.253 e. The number of carbonyl (C=O) groups is 1. The van der Waals surface area contributed by atoms with Gasteiger partial charge in [-0.3, -0.25) is 19.7 Å². The van der Waals surface area contributed by atoms with Crippen molar-refractivity contribution in [3.63, 3.8) is 0 Å². The van der Waals surface area contributed by atoms with Gasteiger partial charge >= 0.3 is 0 Å². The van der Waals surface area contributed by atoms with Crippen molar-refractivity contribution in [2.45, 2.75) is 26.9 Å². The monoisotopic (exact) mass is 437 g/mol. The van der Waals surface area contributed by atoms with Crippen LogP contribution >= 0.6 is 0 Å². The van der Waals surface area contributed by atoms with Crippen molar-refractivity contribution in [1.82, 2.24) is 34.2 Å². The third-order valence-corrected chi connectivity index (χ3v) is 5.50. The van der Waals surface area contributed by atoms with Crippen molar-refractivity contribution in [3.05, 3.63) is 102 Å². The van der Waals surface area contributed by atoms with E-state index in [0.717, 1.165) is 34.0 Å². The molecule has 5 aromatic rings. The SMILES string of the molecule is Cc1cnc(CNC(=O)c2cc(-c3cn(Cc4cccnc4)c(C)n3)n3ccccc23)cn1. The van der Waals surface area contributed by atoms with Crippen LogP contribution in [0, 0.1) is 13.8 Å². The molecule has 8 heteroatoms. The minimum Gasteiger partial charge on any atom is -0.346 e. The highest BCUT2D eigenvalue weighted by atomic mass is 16.1. The maximum absolute atomic E-state index is 13.1. The zero-order valence-electron chi connectivity index (χ0n) is 18.4. The molecule has 0 bridgehead atoms. The topological polar surface area (TPSA) is 90.0 Å². The Morgan fingerprint density at radius 3 is 2.76 bits per heavy atom. The second-order valence-corrected chi connectivity index (χ2v) is 7.89. The quantitative estimate of drug-likeness (QED) is 0.439. The number of hydrogen-bond donors (Lipinski definition) is 1. The minimum absolute atomic E-state index is 0.168. The van der Waals surface area contributed by atoms with Gasteiger partial charge in [-0.25, -0.2) is 4.98 Å². The summed E-state index contributed by atoms with van der Waals surface area (Å²) in [5.41, 5.74) is 5.72. The normalized spacial score (nSPS) is 11.1. The first kappa shape index (κ1) is 20.6. The van der Waals surface area contributed by atoms with E-state index in [1.54, 1.807) is 18.6 Å². The van der Waals surface area contributed by atoms with Crippen LogP contribution in [0.4, 0.5) is 0 Å². The summed E-state index contributed by atoms with van der Waals surface area (Å²) in [4.78, 5) is 30.6. The molecule has 0 saturated carbocycles. The van der Waals surface area contributed by atoms with E-state index < -0.39 is 0 Å². The molecule has 0 radical (unpaired) electrons. The predicted octanol–water partition coefficient (Wildman–Crippen LogP) is 3.58. The fourth-order valence-corrected chi connectivity index (χ4v) is 3.79. The van der Waals surface area contributed by atoms with Gasteiger partial charge in [0.2, 0.25) is 0 Å². The molecule has 0 aromatic carbocycles. The number of pyridine rings is 2. The average molecular weight is 438 g/mol. The molecule has 1 N–H and O–H groups in total. The van der Waals surface area contributed by atoms with Gasteiger partial charge in [-0.15, -0.1) is 0 Å². The van der Waals surface area contributed by atoms with E-state index in [1.807, 2.05) is 73.2 Å². The lowest BCUT2D eigenvalue weighted by atomic mass is 10.2. The zero-order valence-corrected chi connectivity index (χ0v) is 18.4. The molecule has 0 unspecified atom stereocenters. The Kier molecular flexibility index (Phi) is 5.40. The lowest BCUT2D eigenvalue weighted by Crippen LogP contribution is -2.23. The predicted molar refractivity (Wildman–Crippen MR) is 125 cm³/mol. The number of hydrogen-bond acceptors (Lipinski definition) is 5. The Morgan fingerprint density at radius 2 is 1.97 bits per heavy atom. The van der Waals surface area contributed by atoms with Gasteiger partial charge in [-0.2, -0.15) is 0 Å². The summed E-state index contributed by atoms with van der Waals surface area (Å²) in [6.07, 6.45) is 10.9. The van der Waals surface area contributed by atoms with Crippen LogP contribution in [0.5, 0.6) is 0 Å². The number of carbonyl (C=O) groups excluding carboxylic acids is 1. The first-order valence-corrected chi connectivity index (χ1v) is 10.7. The van der Waals surface area contributed by atoms with Crippen LogP contribution in [0.3, 0.4) is 0 Å². The van der Waals surface area contributed by atoms with E-state index in [1.165, 1.54) is 0 Å². The van der Waals surface area contributed by atoms with Gasteiger partial charge in [0.15, 0.2) is 0 Å². The van der Waals surface area contributed by atoms with Crippen LogP contribution in [0.15, 0.2) is 73.6 Å². The molecule has 8 nitrogen and oxygen atoms in total. The number of amides is 1. The minimum atomic E-state index is -0.168. The van der Waals surface area contributed by atoms with Crippen molar-refractivity contribution < 1.29 is 4.79 Å². The maximum Gasteiger partial charge on any atom is 0.253 e. The molecule has 164 valence electrons. The molecule has 5 heterocycles. The second-order valence-electron chi connectivity index (χ2n) is 7.89. The third kappa shape index (κ3) is 4.23. The molecule has 33 heavy (non-hydrogen) atoms. The number of nitrogens with zero attached hydrogens (tertiary/aromatic N) is 6. The van der Waals surface area contributed by atoms with Crippen molar-refractivity contribution >= 4 is 11.4 Å². The lowest BCUT2D eigenvalue weighted by molar-refractivity contribution is 0.0952. The molecule has 0 spiro atoms. The van der Waals surface area contributed by atoms with Crippen LogP contribution < -0.4 is 5.32 Å². The Morgan fingerprint density at radius 1 is 1.06 bits per heavy atom. The van der Waals surface area contributed by atoms with Gasteiger partial charge in [0.05, 0.1) is 47.4 Å². The Hall–Kier alpha value is -4.33. The first-order chi connectivity index (χ1) is 16.1. The largest absolute Gasteiger partial charge is 0.346 e. The molecule has 0 atom stereocenters. The highest BCUT2D eigenvalue weighted by Crippen LogP contribution is 2.26. The van der Waals surface area contributed by atoms with Crippen molar-refractivity contribution in [2.75, 3.05) is 0 Å². The number of nitrogens with one attached hydrogen (secondary N) is 1. The highest BCUT2D eigenvalue weighted by Gasteiger charge is 2.18. The van der Waals surface area contributed by atoms with E-state index >= 15 is 0 Å². The summed E-state index contributed by atoms with van der Waals surface area (Å²) in [6.45, 7) is 4.85. The number of aromatic nitrogens is 6. The van der Waals surface area contributed by atoms with Crippen LogP contribution in [0.1, 0.15) is 33.1 Å². The summed E-state index contributed by atoms with van der Waals surface area (Å²) in [7, 11) is 0.